The third kappa shape index (κ3) is 3.14. The quantitative estimate of drug-likeness (QED) is 0.672. The number of hydrogen-bond donors (Lipinski definition) is 3. The average Bonchev–Trinajstić information content (AvgIpc) is 2.30. The van der Waals surface area contributed by atoms with Gasteiger partial charge in [-0.3, -0.25) is 0 Å². The molecular weight excluding hydrogens is 202 g/mol. The smallest absolute Gasteiger partial charge is 0.118 e. The van der Waals surface area contributed by atoms with Crippen LogP contribution in [-0.2, 0) is 0 Å². The van der Waals surface area contributed by atoms with Crippen molar-refractivity contribution in [1.29, 1.82) is 0 Å². The van der Waals surface area contributed by atoms with E-state index >= 15 is 0 Å². The highest BCUT2D eigenvalue weighted by molar-refractivity contribution is 5.50. The molecule has 0 aliphatic rings. The molecular formula is C13H21NO2. The van der Waals surface area contributed by atoms with Crippen molar-refractivity contribution in [3.8, 4) is 5.75 Å². The first kappa shape index (κ1) is 12.8. The van der Waals surface area contributed by atoms with Gasteiger partial charge in [0.25, 0.3) is 0 Å². The van der Waals surface area contributed by atoms with Gasteiger partial charge in [-0.2, -0.15) is 0 Å². The van der Waals surface area contributed by atoms with Gasteiger partial charge in [0.2, 0.25) is 0 Å². The molecule has 0 radical (unpaired) electrons. The minimum absolute atomic E-state index is 0.0915. The van der Waals surface area contributed by atoms with Gasteiger partial charge >= 0.3 is 0 Å². The number of aliphatic hydroxyl groups excluding tert-OH is 1. The van der Waals surface area contributed by atoms with Crippen molar-refractivity contribution in [2.24, 2.45) is 5.41 Å². The molecule has 0 aromatic heterocycles. The molecule has 0 saturated carbocycles. The van der Waals surface area contributed by atoms with E-state index in [1.165, 1.54) is 0 Å². The van der Waals surface area contributed by atoms with Gasteiger partial charge in [0.15, 0.2) is 0 Å². The molecule has 0 amide bonds. The summed E-state index contributed by atoms with van der Waals surface area (Å²) in [5.41, 5.74) is 1.74. The summed E-state index contributed by atoms with van der Waals surface area (Å²) in [6.07, 6.45) is 0.924. The van der Waals surface area contributed by atoms with Crippen LogP contribution in [0.3, 0.4) is 0 Å². The summed E-state index contributed by atoms with van der Waals surface area (Å²) >= 11 is 0. The summed E-state index contributed by atoms with van der Waals surface area (Å²) < 4.78 is 0. The minimum Gasteiger partial charge on any atom is -0.508 e. The SMILES string of the molecule is CCC(C)(CO)CNc1ccc(O)c(C)c1. The number of nitrogens with one attached hydrogen (secondary N) is 1. The second kappa shape index (κ2) is 5.21. The lowest BCUT2D eigenvalue weighted by molar-refractivity contribution is 0.149. The fourth-order valence-corrected chi connectivity index (χ4v) is 1.37. The van der Waals surface area contributed by atoms with Gasteiger partial charge in [-0.25, -0.2) is 0 Å². The molecule has 1 rings (SSSR count). The average molecular weight is 223 g/mol. The first-order chi connectivity index (χ1) is 7.50. The van der Waals surface area contributed by atoms with Gasteiger partial charge in [-0.15, -0.1) is 0 Å². The summed E-state index contributed by atoms with van der Waals surface area (Å²) in [6.45, 7) is 6.89. The Morgan fingerprint density at radius 3 is 2.56 bits per heavy atom. The van der Waals surface area contributed by atoms with Crippen LogP contribution in [-0.4, -0.2) is 23.4 Å². The highest BCUT2D eigenvalue weighted by Crippen LogP contribution is 2.23. The zero-order valence-corrected chi connectivity index (χ0v) is 10.2. The Bertz CT molecular complexity index is 346. The van der Waals surface area contributed by atoms with E-state index in [9.17, 15) is 10.2 Å². The predicted octanol–water partition coefficient (Wildman–Crippen LogP) is 2.52. The van der Waals surface area contributed by atoms with Crippen LogP contribution in [0.5, 0.6) is 5.75 Å². The zero-order chi connectivity index (χ0) is 12.2. The fourth-order valence-electron chi connectivity index (χ4n) is 1.37. The normalized spacial score (nSPS) is 14.5. The van der Waals surface area contributed by atoms with Crippen molar-refractivity contribution in [1.82, 2.24) is 0 Å². The Morgan fingerprint density at radius 1 is 1.38 bits per heavy atom. The first-order valence-corrected chi connectivity index (χ1v) is 5.65. The minimum atomic E-state index is -0.0915. The molecule has 0 aliphatic heterocycles. The molecule has 1 unspecified atom stereocenters. The van der Waals surface area contributed by atoms with Crippen molar-refractivity contribution in [3.63, 3.8) is 0 Å². The summed E-state index contributed by atoms with van der Waals surface area (Å²) in [7, 11) is 0. The number of benzene rings is 1. The van der Waals surface area contributed by atoms with E-state index < -0.39 is 0 Å². The van der Waals surface area contributed by atoms with Crippen LogP contribution in [0.4, 0.5) is 5.69 Å². The lowest BCUT2D eigenvalue weighted by Gasteiger charge is -2.26. The molecule has 1 atom stereocenters. The number of phenolic OH excluding ortho intramolecular Hbond substituents is 1. The van der Waals surface area contributed by atoms with Crippen LogP contribution >= 0.6 is 0 Å². The van der Waals surface area contributed by atoms with Crippen LogP contribution in [0.1, 0.15) is 25.8 Å². The molecule has 0 spiro atoms. The van der Waals surface area contributed by atoms with Crippen LogP contribution in [0, 0.1) is 12.3 Å². The second-order valence-electron chi connectivity index (χ2n) is 4.68. The predicted molar refractivity (Wildman–Crippen MR) is 66.8 cm³/mol. The third-order valence-corrected chi connectivity index (χ3v) is 3.15. The lowest BCUT2D eigenvalue weighted by Crippen LogP contribution is -2.29. The molecule has 16 heavy (non-hydrogen) atoms. The molecule has 3 nitrogen and oxygen atoms in total. The number of anilines is 1. The molecule has 90 valence electrons. The lowest BCUT2D eigenvalue weighted by atomic mass is 9.88. The maximum Gasteiger partial charge on any atom is 0.118 e. The molecule has 1 aromatic carbocycles. The third-order valence-electron chi connectivity index (χ3n) is 3.15. The van der Waals surface area contributed by atoms with Crippen molar-refractivity contribution in [2.45, 2.75) is 27.2 Å². The summed E-state index contributed by atoms with van der Waals surface area (Å²) in [5, 5.41) is 22.0. The molecule has 0 bridgehead atoms. The van der Waals surface area contributed by atoms with Crippen molar-refractivity contribution < 1.29 is 10.2 Å². The van der Waals surface area contributed by atoms with E-state index in [-0.39, 0.29) is 12.0 Å². The standard InChI is InChI=1S/C13H21NO2/c1-4-13(3,9-15)8-14-11-5-6-12(16)10(2)7-11/h5-7,14-16H,4,8-9H2,1-3H3. The summed E-state index contributed by atoms with van der Waals surface area (Å²) in [5.74, 6) is 0.311. The molecule has 3 heteroatoms. The number of rotatable bonds is 5. The Kier molecular flexibility index (Phi) is 4.19. The largest absolute Gasteiger partial charge is 0.508 e. The molecule has 0 aliphatic carbocycles. The van der Waals surface area contributed by atoms with Crippen molar-refractivity contribution in [2.75, 3.05) is 18.5 Å². The number of aryl methyl sites for hydroxylation is 1. The maximum absolute atomic E-state index is 9.40. The number of aliphatic hydroxyl groups is 1. The Hall–Kier alpha value is -1.22. The number of hydrogen-bond acceptors (Lipinski definition) is 3. The summed E-state index contributed by atoms with van der Waals surface area (Å²) in [4.78, 5) is 0. The summed E-state index contributed by atoms with van der Waals surface area (Å²) in [6, 6.07) is 5.43. The fraction of sp³-hybridized carbons (Fsp3) is 0.538. The zero-order valence-electron chi connectivity index (χ0n) is 10.2. The molecule has 0 saturated heterocycles. The van der Waals surface area contributed by atoms with Crippen LogP contribution in [0.25, 0.3) is 0 Å². The highest BCUT2D eigenvalue weighted by atomic mass is 16.3. The van der Waals surface area contributed by atoms with Crippen molar-refractivity contribution >= 4 is 5.69 Å². The van der Waals surface area contributed by atoms with Gasteiger partial charge < -0.3 is 15.5 Å². The van der Waals surface area contributed by atoms with Crippen LogP contribution in [0.15, 0.2) is 18.2 Å². The second-order valence-corrected chi connectivity index (χ2v) is 4.68. The van der Waals surface area contributed by atoms with E-state index in [1.807, 2.05) is 26.0 Å². The van der Waals surface area contributed by atoms with E-state index in [1.54, 1.807) is 6.07 Å². The Balaban J connectivity index is 2.64. The number of aromatic hydroxyl groups is 1. The van der Waals surface area contributed by atoms with Gasteiger partial charge in [0.05, 0.1) is 6.61 Å². The van der Waals surface area contributed by atoms with Crippen molar-refractivity contribution in [3.05, 3.63) is 23.8 Å². The van der Waals surface area contributed by atoms with E-state index in [2.05, 4.69) is 12.2 Å². The van der Waals surface area contributed by atoms with E-state index in [0.717, 1.165) is 24.2 Å². The van der Waals surface area contributed by atoms with Gasteiger partial charge in [0.1, 0.15) is 5.75 Å². The van der Waals surface area contributed by atoms with E-state index in [4.69, 9.17) is 0 Å². The molecule has 0 heterocycles. The van der Waals surface area contributed by atoms with Gasteiger partial charge in [-0.1, -0.05) is 13.8 Å². The molecule has 0 fully saturated rings. The van der Waals surface area contributed by atoms with Crippen LogP contribution < -0.4 is 5.32 Å². The highest BCUT2D eigenvalue weighted by Gasteiger charge is 2.20. The molecule has 3 N–H and O–H groups in total. The monoisotopic (exact) mass is 223 g/mol. The first-order valence-electron chi connectivity index (χ1n) is 5.65. The van der Waals surface area contributed by atoms with Gasteiger partial charge in [0, 0.05) is 17.6 Å². The Morgan fingerprint density at radius 2 is 2.06 bits per heavy atom. The van der Waals surface area contributed by atoms with Gasteiger partial charge in [-0.05, 0) is 37.1 Å². The number of phenols is 1. The molecule has 1 aromatic rings. The maximum atomic E-state index is 9.40. The Labute approximate surface area is 97.1 Å². The topological polar surface area (TPSA) is 52.5 Å². The van der Waals surface area contributed by atoms with E-state index in [0.29, 0.717) is 5.75 Å². The van der Waals surface area contributed by atoms with Crippen LogP contribution in [0.2, 0.25) is 0 Å².